The third kappa shape index (κ3) is 2.62. The molecule has 2 N–H and O–H groups in total. The van der Waals surface area contributed by atoms with Gasteiger partial charge in [-0.1, -0.05) is 0 Å². The van der Waals surface area contributed by atoms with E-state index in [-0.39, 0.29) is 10.9 Å². The Kier molecular flexibility index (Phi) is 3.71. The van der Waals surface area contributed by atoms with Crippen LogP contribution in [0, 0.1) is 0 Å². The molecule has 1 atom stereocenters. The Labute approximate surface area is 127 Å². The minimum Gasteiger partial charge on any atom is -0.335 e. The summed E-state index contributed by atoms with van der Waals surface area (Å²) in [5, 5.41) is 3.98. The van der Waals surface area contributed by atoms with Crippen LogP contribution in [0.15, 0.2) is 29.8 Å². The van der Waals surface area contributed by atoms with Gasteiger partial charge in [-0.05, 0) is 12.8 Å². The first-order valence-corrected chi connectivity index (χ1v) is 8.27. The lowest BCUT2D eigenvalue weighted by Crippen LogP contribution is -2.52. The van der Waals surface area contributed by atoms with Crippen molar-refractivity contribution >= 4 is 21.7 Å². The fraction of sp³-hybridized carbons (Fsp3) is 0.417. The zero-order chi connectivity index (χ0) is 15.7. The number of carbonyl (C=O) groups is 1. The van der Waals surface area contributed by atoms with Crippen LogP contribution in [0.5, 0.6) is 0 Å². The number of carbonyl (C=O) groups excluding carboxylic acids is 1. The summed E-state index contributed by atoms with van der Waals surface area (Å²) in [6.07, 6.45) is 5.24. The molecule has 1 aliphatic heterocycles. The van der Waals surface area contributed by atoms with Gasteiger partial charge in [-0.2, -0.15) is 9.82 Å². The number of aromatic amines is 1. The Morgan fingerprint density at radius 1 is 1.45 bits per heavy atom. The van der Waals surface area contributed by atoms with Crippen LogP contribution in [-0.2, 0) is 21.9 Å². The van der Waals surface area contributed by atoms with E-state index in [1.54, 1.807) is 28.9 Å². The van der Waals surface area contributed by atoms with E-state index in [9.17, 15) is 13.2 Å². The zero-order valence-corrected chi connectivity index (χ0v) is 12.7. The third-order valence-corrected chi connectivity index (χ3v) is 4.97. The van der Waals surface area contributed by atoms with Gasteiger partial charge < -0.3 is 4.98 Å². The SMILES string of the molecule is Cn1nccc1N1CCCC(NS(=O)(=O)c2cnc[nH]2)C1=O. The van der Waals surface area contributed by atoms with Gasteiger partial charge in [0, 0.05) is 19.7 Å². The lowest BCUT2D eigenvalue weighted by atomic mass is 10.1. The molecule has 1 unspecified atom stereocenters. The molecule has 1 aliphatic rings. The number of imidazole rings is 1. The number of anilines is 1. The molecule has 22 heavy (non-hydrogen) atoms. The van der Waals surface area contributed by atoms with Crippen molar-refractivity contribution in [3.8, 4) is 0 Å². The Balaban J connectivity index is 1.81. The first-order valence-electron chi connectivity index (χ1n) is 6.79. The molecule has 1 fully saturated rings. The molecule has 9 nitrogen and oxygen atoms in total. The number of H-pyrrole nitrogens is 1. The summed E-state index contributed by atoms with van der Waals surface area (Å²) in [6, 6.07) is 0.931. The van der Waals surface area contributed by atoms with Crippen molar-refractivity contribution in [1.29, 1.82) is 0 Å². The number of hydrogen-bond donors (Lipinski definition) is 2. The monoisotopic (exact) mass is 324 g/mol. The van der Waals surface area contributed by atoms with E-state index < -0.39 is 16.1 Å². The molecule has 2 aromatic rings. The van der Waals surface area contributed by atoms with Gasteiger partial charge in [0.05, 0.1) is 18.7 Å². The van der Waals surface area contributed by atoms with E-state index in [4.69, 9.17) is 0 Å². The summed E-state index contributed by atoms with van der Waals surface area (Å²) < 4.78 is 28.4. The summed E-state index contributed by atoms with van der Waals surface area (Å²) >= 11 is 0. The Bertz CT molecular complexity index is 767. The number of piperidine rings is 1. The van der Waals surface area contributed by atoms with E-state index in [1.165, 1.54) is 12.5 Å². The maximum absolute atomic E-state index is 12.6. The highest BCUT2D eigenvalue weighted by Crippen LogP contribution is 2.21. The van der Waals surface area contributed by atoms with Crippen LogP contribution >= 0.6 is 0 Å². The van der Waals surface area contributed by atoms with Crippen LogP contribution < -0.4 is 9.62 Å². The highest BCUT2D eigenvalue weighted by molar-refractivity contribution is 7.89. The molecule has 0 saturated carbocycles. The van der Waals surface area contributed by atoms with Crippen molar-refractivity contribution in [2.75, 3.05) is 11.4 Å². The highest BCUT2D eigenvalue weighted by atomic mass is 32.2. The van der Waals surface area contributed by atoms with Crippen molar-refractivity contribution in [2.24, 2.45) is 7.05 Å². The van der Waals surface area contributed by atoms with Crippen molar-refractivity contribution < 1.29 is 13.2 Å². The molecule has 0 radical (unpaired) electrons. The van der Waals surface area contributed by atoms with Crippen LogP contribution in [0.4, 0.5) is 5.82 Å². The summed E-state index contributed by atoms with van der Waals surface area (Å²) in [5.74, 6) is 0.369. The molecule has 1 amide bonds. The van der Waals surface area contributed by atoms with E-state index >= 15 is 0 Å². The molecule has 118 valence electrons. The summed E-state index contributed by atoms with van der Waals surface area (Å²) in [6.45, 7) is 0.542. The summed E-state index contributed by atoms with van der Waals surface area (Å²) in [4.78, 5) is 20.3. The molecular formula is C12H16N6O3S. The highest BCUT2D eigenvalue weighted by Gasteiger charge is 2.34. The number of amides is 1. The van der Waals surface area contributed by atoms with Gasteiger partial charge in [-0.15, -0.1) is 0 Å². The predicted octanol–water partition coefficient (Wildman–Crippen LogP) is -0.383. The van der Waals surface area contributed by atoms with Crippen molar-refractivity contribution in [3.05, 3.63) is 24.8 Å². The first kappa shape index (κ1) is 14.7. The number of nitrogens with one attached hydrogen (secondary N) is 2. The average molecular weight is 324 g/mol. The topological polar surface area (TPSA) is 113 Å². The second kappa shape index (κ2) is 5.54. The van der Waals surface area contributed by atoms with E-state index in [2.05, 4.69) is 19.8 Å². The lowest BCUT2D eigenvalue weighted by Gasteiger charge is -2.32. The normalized spacial score (nSPS) is 19.6. The number of aromatic nitrogens is 4. The minimum absolute atomic E-state index is 0.0574. The Morgan fingerprint density at radius 3 is 2.91 bits per heavy atom. The van der Waals surface area contributed by atoms with Crippen molar-refractivity contribution in [1.82, 2.24) is 24.5 Å². The maximum atomic E-state index is 12.6. The van der Waals surface area contributed by atoms with Crippen LogP contribution in [0.3, 0.4) is 0 Å². The second-order valence-electron chi connectivity index (χ2n) is 5.03. The molecule has 2 aromatic heterocycles. The Hall–Kier alpha value is -2.20. The zero-order valence-electron chi connectivity index (χ0n) is 11.9. The number of hydrogen-bond acceptors (Lipinski definition) is 5. The standard InChI is InChI=1S/C12H16N6O3S/c1-17-11(4-5-15-17)18-6-2-3-9(12(18)19)16-22(20,21)10-7-13-8-14-10/h4-5,7-9,16H,2-3,6H2,1H3,(H,13,14). The Morgan fingerprint density at radius 2 is 2.27 bits per heavy atom. The van der Waals surface area contributed by atoms with Gasteiger partial charge in [0.2, 0.25) is 5.91 Å². The number of sulfonamides is 1. The number of nitrogens with zero attached hydrogens (tertiary/aromatic N) is 4. The molecule has 10 heteroatoms. The molecule has 3 rings (SSSR count). The van der Waals surface area contributed by atoms with Gasteiger partial charge >= 0.3 is 0 Å². The fourth-order valence-electron chi connectivity index (χ4n) is 2.48. The largest absolute Gasteiger partial charge is 0.335 e. The van der Waals surface area contributed by atoms with Gasteiger partial charge in [-0.3, -0.25) is 14.4 Å². The van der Waals surface area contributed by atoms with Crippen LogP contribution in [0.1, 0.15) is 12.8 Å². The number of rotatable bonds is 4. The van der Waals surface area contributed by atoms with Gasteiger partial charge in [0.25, 0.3) is 10.0 Å². The molecule has 0 bridgehead atoms. The van der Waals surface area contributed by atoms with Gasteiger partial charge in [0.15, 0.2) is 5.03 Å². The van der Waals surface area contributed by atoms with Gasteiger partial charge in [0.1, 0.15) is 11.9 Å². The predicted molar refractivity (Wildman–Crippen MR) is 77.5 cm³/mol. The van der Waals surface area contributed by atoms with E-state index in [0.717, 1.165) is 0 Å². The molecule has 3 heterocycles. The minimum atomic E-state index is -3.79. The number of aryl methyl sites for hydroxylation is 1. The molecule has 0 aromatic carbocycles. The molecular weight excluding hydrogens is 308 g/mol. The fourth-order valence-corrected chi connectivity index (χ4v) is 3.61. The van der Waals surface area contributed by atoms with Crippen molar-refractivity contribution in [3.63, 3.8) is 0 Å². The summed E-state index contributed by atoms with van der Waals surface area (Å²) in [7, 11) is -2.05. The molecule has 1 saturated heterocycles. The smallest absolute Gasteiger partial charge is 0.258 e. The van der Waals surface area contributed by atoms with Crippen LogP contribution in [0.2, 0.25) is 0 Å². The molecule has 0 aliphatic carbocycles. The van der Waals surface area contributed by atoms with Crippen LogP contribution in [0.25, 0.3) is 0 Å². The first-order chi connectivity index (χ1) is 10.5. The third-order valence-electron chi connectivity index (χ3n) is 3.57. The van der Waals surface area contributed by atoms with Gasteiger partial charge in [-0.25, -0.2) is 13.4 Å². The second-order valence-corrected chi connectivity index (χ2v) is 6.72. The quantitative estimate of drug-likeness (QED) is 0.796. The lowest BCUT2D eigenvalue weighted by molar-refractivity contribution is -0.121. The van der Waals surface area contributed by atoms with Crippen molar-refractivity contribution in [2.45, 2.75) is 23.9 Å². The van der Waals surface area contributed by atoms with Crippen LogP contribution in [-0.4, -0.2) is 46.7 Å². The summed E-state index contributed by atoms with van der Waals surface area (Å²) in [5.41, 5.74) is 0. The van der Waals surface area contributed by atoms with E-state index in [1.807, 2.05) is 0 Å². The maximum Gasteiger partial charge on any atom is 0.258 e. The average Bonchev–Trinajstić information content (AvgIpc) is 3.13. The van der Waals surface area contributed by atoms with E-state index in [0.29, 0.717) is 25.2 Å². The molecule has 0 spiro atoms.